The summed E-state index contributed by atoms with van der Waals surface area (Å²) in [6.07, 6.45) is 5.11. The third-order valence-electron chi connectivity index (χ3n) is 4.28. The Kier molecular flexibility index (Phi) is 2.81. The summed E-state index contributed by atoms with van der Waals surface area (Å²) < 4.78 is 2.01. The Balaban J connectivity index is 1.94. The van der Waals surface area contributed by atoms with Crippen molar-refractivity contribution in [2.45, 2.75) is 31.6 Å². The standard InChI is InChI=1S/C15H20N4/c1-11-7-15(8-11,9-14-18-17-10-19(14)2)12-4-3-5-13(16)6-12/h3-6,10-11H,7-9,16H2,1-2H3/t11-,15+. The predicted octanol–water partition coefficient (Wildman–Crippen LogP) is 2.31. The van der Waals surface area contributed by atoms with Crippen LogP contribution in [0, 0.1) is 5.92 Å². The SMILES string of the molecule is Cn1cnnc1C[C@]1(c2cccc(N)c2)C[C@@H](C)C1. The van der Waals surface area contributed by atoms with Gasteiger partial charge in [0.05, 0.1) is 0 Å². The first-order valence-corrected chi connectivity index (χ1v) is 6.78. The van der Waals surface area contributed by atoms with Gasteiger partial charge in [-0.15, -0.1) is 10.2 Å². The summed E-state index contributed by atoms with van der Waals surface area (Å²) in [7, 11) is 2.00. The summed E-state index contributed by atoms with van der Waals surface area (Å²) in [6, 6.07) is 8.30. The number of benzene rings is 1. The second-order valence-corrected chi connectivity index (χ2v) is 5.95. The quantitative estimate of drug-likeness (QED) is 0.857. The van der Waals surface area contributed by atoms with E-state index in [0.717, 1.165) is 23.9 Å². The molecule has 2 N–H and O–H groups in total. The van der Waals surface area contributed by atoms with E-state index in [2.05, 4.69) is 29.3 Å². The first-order valence-electron chi connectivity index (χ1n) is 6.78. The Morgan fingerprint density at radius 3 is 2.79 bits per heavy atom. The van der Waals surface area contributed by atoms with E-state index in [1.54, 1.807) is 6.33 Å². The van der Waals surface area contributed by atoms with Gasteiger partial charge in [-0.05, 0) is 36.5 Å². The lowest BCUT2D eigenvalue weighted by molar-refractivity contribution is 0.152. The molecule has 1 aliphatic carbocycles. The maximum absolute atomic E-state index is 5.94. The number of nitrogens with zero attached hydrogens (tertiary/aromatic N) is 3. The maximum atomic E-state index is 5.94. The lowest BCUT2D eigenvalue weighted by Crippen LogP contribution is -2.42. The van der Waals surface area contributed by atoms with Crippen molar-refractivity contribution < 1.29 is 0 Å². The van der Waals surface area contributed by atoms with Gasteiger partial charge in [0.2, 0.25) is 0 Å². The molecule has 4 nitrogen and oxygen atoms in total. The molecule has 0 radical (unpaired) electrons. The second kappa shape index (κ2) is 4.37. The molecular formula is C15H20N4. The predicted molar refractivity (Wildman–Crippen MR) is 75.6 cm³/mol. The summed E-state index contributed by atoms with van der Waals surface area (Å²) in [5.41, 5.74) is 8.31. The lowest BCUT2D eigenvalue weighted by atomic mass is 9.57. The normalized spacial score (nSPS) is 26.1. The molecule has 100 valence electrons. The maximum Gasteiger partial charge on any atom is 0.133 e. The molecule has 1 heterocycles. The van der Waals surface area contributed by atoms with Gasteiger partial charge >= 0.3 is 0 Å². The fraction of sp³-hybridized carbons (Fsp3) is 0.467. The van der Waals surface area contributed by atoms with Crippen molar-refractivity contribution in [2.24, 2.45) is 13.0 Å². The minimum atomic E-state index is 0.190. The molecule has 1 aromatic carbocycles. The Bertz CT molecular complexity index is 581. The van der Waals surface area contributed by atoms with E-state index in [-0.39, 0.29) is 5.41 Å². The Morgan fingerprint density at radius 2 is 2.21 bits per heavy atom. The van der Waals surface area contributed by atoms with Crippen molar-refractivity contribution in [3.05, 3.63) is 42.0 Å². The third-order valence-corrected chi connectivity index (χ3v) is 4.28. The van der Waals surface area contributed by atoms with Crippen LogP contribution in [0.4, 0.5) is 5.69 Å². The van der Waals surface area contributed by atoms with E-state index in [1.807, 2.05) is 23.7 Å². The van der Waals surface area contributed by atoms with Crippen LogP contribution in [0.2, 0.25) is 0 Å². The van der Waals surface area contributed by atoms with Gasteiger partial charge in [0.25, 0.3) is 0 Å². The Hall–Kier alpha value is -1.84. The fourth-order valence-electron chi connectivity index (χ4n) is 3.39. The molecule has 0 atom stereocenters. The molecule has 1 aliphatic rings. The Morgan fingerprint density at radius 1 is 1.42 bits per heavy atom. The number of nitrogens with two attached hydrogens (primary N) is 1. The van der Waals surface area contributed by atoms with E-state index in [4.69, 9.17) is 5.73 Å². The van der Waals surface area contributed by atoms with E-state index in [9.17, 15) is 0 Å². The van der Waals surface area contributed by atoms with Crippen LogP contribution >= 0.6 is 0 Å². The van der Waals surface area contributed by atoms with Crippen LogP contribution in [0.5, 0.6) is 0 Å². The van der Waals surface area contributed by atoms with Crippen LogP contribution in [-0.4, -0.2) is 14.8 Å². The van der Waals surface area contributed by atoms with Crippen LogP contribution in [0.3, 0.4) is 0 Å². The van der Waals surface area contributed by atoms with Crippen molar-refractivity contribution in [3.8, 4) is 0 Å². The molecule has 0 aliphatic heterocycles. The zero-order chi connectivity index (χ0) is 13.5. The molecular weight excluding hydrogens is 236 g/mol. The fourth-order valence-corrected chi connectivity index (χ4v) is 3.39. The van der Waals surface area contributed by atoms with Crippen LogP contribution in [0.1, 0.15) is 31.2 Å². The molecule has 0 amide bonds. The number of anilines is 1. The van der Waals surface area contributed by atoms with Crippen LogP contribution in [0.25, 0.3) is 0 Å². The average Bonchev–Trinajstić information content (AvgIpc) is 2.72. The molecule has 1 fully saturated rings. The van der Waals surface area contributed by atoms with E-state index >= 15 is 0 Å². The van der Waals surface area contributed by atoms with Crippen molar-refractivity contribution in [3.63, 3.8) is 0 Å². The van der Waals surface area contributed by atoms with Crippen LogP contribution < -0.4 is 5.73 Å². The zero-order valence-electron chi connectivity index (χ0n) is 11.5. The number of rotatable bonds is 3. The molecule has 0 spiro atoms. The molecule has 19 heavy (non-hydrogen) atoms. The number of hydrogen-bond donors (Lipinski definition) is 1. The highest BCUT2D eigenvalue weighted by molar-refractivity contribution is 5.44. The van der Waals surface area contributed by atoms with Gasteiger partial charge in [-0.3, -0.25) is 0 Å². The molecule has 0 bridgehead atoms. The first-order chi connectivity index (χ1) is 9.09. The number of aryl methyl sites for hydroxylation is 1. The zero-order valence-corrected chi connectivity index (χ0v) is 11.5. The van der Waals surface area contributed by atoms with Crippen molar-refractivity contribution in [1.82, 2.24) is 14.8 Å². The summed E-state index contributed by atoms with van der Waals surface area (Å²) >= 11 is 0. The molecule has 0 saturated heterocycles. The summed E-state index contributed by atoms with van der Waals surface area (Å²) in [5.74, 6) is 1.82. The largest absolute Gasteiger partial charge is 0.399 e. The average molecular weight is 256 g/mol. The molecule has 3 rings (SSSR count). The Labute approximate surface area is 113 Å². The molecule has 1 aromatic heterocycles. The molecule has 1 saturated carbocycles. The minimum Gasteiger partial charge on any atom is -0.399 e. The monoisotopic (exact) mass is 256 g/mol. The highest BCUT2D eigenvalue weighted by Crippen LogP contribution is 2.49. The van der Waals surface area contributed by atoms with Crippen LogP contribution in [0.15, 0.2) is 30.6 Å². The molecule has 4 heteroatoms. The summed E-state index contributed by atoms with van der Waals surface area (Å²) in [6.45, 7) is 2.31. The lowest BCUT2D eigenvalue weighted by Gasteiger charge is -2.47. The van der Waals surface area contributed by atoms with Gasteiger partial charge in [-0.25, -0.2) is 0 Å². The van der Waals surface area contributed by atoms with Crippen molar-refractivity contribution >= 4 is 5.69 Å². The minimum absolute atomic E-state index is 0.190. The van der Waals surface area contributed by atoms with Crippen molar-refractivity contribution in [2.75, 3.05) is 5.73 Å². The van der Waals surface area contributed by atoms with Gasteiger partial charge in [0.15, 0.2) is 0 Å². The van der Waals surface area contributed by atoms with Gasteiger partial charge in [0, 0.05) is 24.6 Å². The number of nitrogen functional groups attached to an aromatic ring is 1. The van der Waals surface area contributed by atoms with Gasteiger partial charge in [-0.2, -0.15) is 0 Å². The van der Waals surface area contributed by atoms with E-state index < -0.39 is 0 Å². The van der Waals surface area contributed by atoms with Gasteiger partial charge in [0.1, 0.15) is 12.2 Å². The third kappa shape index (κ3) is 2.11. The van der Waals surface area contributed by atoms with Crippen molar-refractivity contribution in [1.29, 1.82) is 0 Å². The van der Waals surface area contributed by atoms with Gasteiger partial charge in [-0.1, -0.05) is 19.1 Å². The summed E-state index contributed by atoms with van der Waals surface area (Å²) in [4.78, 5) is 0. The number of hydrogen-bond acceptors (Lipinski definition) is 3. The highest BCUT2D eigenvalue weighted by atomic mass is 15.2. The summed E-state index contributed by atoms with van der Waals surface area (Å²) in [5, 5.41) is 8.22. The van der Waals surface area contributed by atoms with Gasteiger partial charge < -0.3 is 10.3 Å². The topological polar surface area (TPSA) is 56.7 Å². The van der Waals surface area contributed by atoms with E-state index in [1.165, 1.54) is 18.4 Å². The molecule has 2 aromatic rings. The highest BCUT2D eigenvalue weighted by Gasteiger charge is 2.44. The molecule has 0 unspecified atom stereocenters. The second-order valence-electron chi connectivity index (χ2n) is 5.95. The van der Waals surface area contributed by atoms with E-state index in [0.29, 0.717) is 0 Å². The smallest absolute Gasteiger partial charge is 0.133 e. The number of aromatic nitrogens is 3. The van der Waals surface area contributed by atoms with Crippen LogP contribution in [-0.2, 0) is 18.9 Å². The first kappa shape index (κ1) is 12.2.